The van der Waals surface area contributed by atoms with E-state index in [-0.39, 0.29) is 24.2 Å². The summed E-state index contributed by atoms with van der Waals surface area (Å²) in [6.07, 6.45) is 13.9. The number of urea groups is 1. The molecule has 4 nitrogen and oxygen atoms in total. The molecule has 2 amide bonds. The van der Waals surface area contributed by atoms with Crippen molar-refractivity contribution in [3.8, 4) is 5.75 Å². The molecule has 0 saturated heterocycles. The Labute approximate surface area is 178 Å². The number of ether oxygens (including phenoxy) is 1. The molecule has 2 N–H and O–H groups in total. The number of hydrogen-bond donors (Lipinski definition) is 2. The fraction of sp³-hybridized carbons (Fsp3) is 0.720. The van der Waals surface area contributed by atoms with Crippen LogP contribution in [0.5, 0.6) is 5.75 Å². The molecular formula is C25H42N2O2. The number of carbonyl (C=O) groups excluding carboxylic acids is 1. The Hall–Kier alpha value is -1.71. The van der Waals surface area contributed by atoms with Crippen LogP contribution >= 0.6 is 0 Å². The Morgan fingerprint density at radius 2 is 1.52 bits per heavy atom. The summed E-state index contributed by atoms with van der Waals surface area (Å²) in [4.78, 5) is 12.4. The summed E-state index contributed by atoms with van der Waals surface area (Å²) < 4.78 is 5.92. The molecule has 1 fully saturated rings. The highest BCUT2D eigenvalue weighted by atomic mass is 16.5. The van der Waals surface area contributed by atoms with Gasteiger partial charge in [-0.2, -0.15) is 0 Å². The number of nitrogens with one attached hydrogen (secondary N) is 2. The van der Waals surface area contributed by atoms with E-state index in [2.05, 4.69) is 50.5 Å². The van der Waals surface area contributed by atoms with Crippen LogP contribution in [0.3, 0.4) is 0 Å². The zero-order valence-electron chi connectivity index (χ0n) is 19.1. The monoisotopic (exact) mass is 402 g/mol. The Morgan fingerprint density at radius 1 is 0.966 bits per heavy atom. The number of rotatable bonds is 4. The molecule has 0 aliphatic heterocycles. The molecule has 164 valence electrons. The van der Waals surface area contributed by atoms with Gasteiger partial charge in [-0.25, -0.2) is 4.79 Å². The van der Waals surface area contributed by atoms with Crippen LogP contribution in [-0.2, 0) is 5.41 Å². The summed E-state index contributed by atoms with van der Waals surface area (Å²) in [5.41, 5.74) is 2.38. The maximum Gasteiger partial charge on any atom is 0.317 e. The van der Waals surface area contributed by atoms with Gasteiger partial charge in [0.05, 0.1) is 0 Å². The zero-order valence-corrected chi connectivity index (χ0v) is 19.1. The van der Waals surface area contributed by atoms with E-state index < -0.39 is 0 Å². The van der Waals surface area contributed by atoms with Gasteiger partial charge in [-0.15, -0.1) is 0 Å². The normalized spacial score (nSPS) is 17.7. The van der Waals surface area contributed by atoms with Gasteiger partial charge < -0.3 is 15.4 Å². The van der Waals surface area contributed by atoms with Crippen molar-refractivity contribution in [3.05, 3.63) is 29.3 Å². The van der Waals surface area contributed by atoms with Crippen molar-refractivity contribution in [3.63, 3.8) is 0 Å². The molecule has 1 aromatic carbocycles. The lowest BCUT2D eigenvalue weighted by Gasteiger charge is -2.24. The van der Waals surface area contributed by atoms with Gasteiger partial charge >= 0.3 is 6.03 Å². The molecule has 0 unspecified atom stereocenters. The van der Waals surface area contributed by atoms with E-state index in [9.17, 15) is 4.79 Å². The first-order chi connectivity index (χ1) is 13.9. The molecular weight excluding hydrogens is 360 g/mol. The topological polar surface area (TPSA) is 50.4 Å². The smallest absolute Gasteiger partial charge is 0.317 e. The third-order valence-electron chi connectivity index (χ3n) is 5.84. The van der Waals surface area contributed by atoms with E-state index in [1.54, 1.807) is 0 Å². The summed E-state index contributed by atoms with van der Waals surface area (Å²) >= 11 is 0. The minimum Gasteiger partial charge on any atom is -0.473 e. The molecule has 0 aromatic heterocycles. The molecule has 0 atom stereocenters. The molecule has 1 aromatic rings. The Balaban J connectivity index is 1.81. The highest BCUT2D eigenvalue weighted by Crippen LogP contribution is 2.32. The maximum atomic E-state index is 12.4. The largest absolute Gasteiger partial charge is 0.473 e. The van der Waals surface area contributed by atoms with E-state index in [1.165, 1.54) is 68.9 Å². The van der Waals surface area contributed by atoms with Gasteiger partial charge in [-0.05, 0) is 36.8 Å². The molecule has 1 aliphatic rings. The number of benzene rings is 1. The second-order valence-electron chi connectivity index (χ2n) is 9.64. The van der Waals surface area contributed by atoms with Gasteiger partial charge in [-0.1, -0.05) is 96.3 Å². The van der Waals surface area contributed by atoms with Gasteiger partial charge in [0.1, 0.15) is 5.75 Å². The number of amides is 2. The van der Waals surface area contributed by atoms with Gasteiger partial charge in [0.25, 0.3) is 0 Å². The van der Waals surface area contributed by atoms with E-state index >= 15 is 0 Å². The lowest BCUT2D eigenvalue weighted by molar-refractivity contribution is 0.217. The third-order valence-corrected chi connectivity index (χ3v) is 5.84. The summed E-state index contributed by atoms with van der Waals surface area (Å²) in [5.74, 6) is 0.842. The van der Waals surface area contributed by atoms with Crippen molar-refractivity contribution in [2.45, 2.75) is 110 Å². The van der Waals surface area contributed by atoms with Crippen molar-refractivity contribution < 1.29 is 9.53 Å². The van der Waals surface area contributed by atoms with E-state index in [4.69, 9.17) is 4.74 Å². The second kappa shape index (κ2) is 12.1. The number of carbonyl (C=O) groups is 1. The first-order valence-corrected chi connectivity index (χ1v) is 11.6. The molecule has 4 heteroatoms. The van der Waals surface area contributed by atoms with Crippen LogP contribution < -0.4 is 15.4 Å². The van der Waals surface area contributed by atoms with E-state index in [0.717, 1.165) is 18.6 Å². The molecule has 2 rings (SSSR count). The molecule has 0 spiro atoms. The Kier molecular flexibility index (Phi) is 9.83. The van der Waals surface area contributed by atoms with Crippen molar-refractivity contribution in [2.75, 3.05) is 6.73 Å². The van der Waals surface area contributed by atoms with Crippen LogP contribution in [-0.4, -0.2) is 18.8 Å². The van der Waals surface area contributed by atoms with Gasteiger partial charge in [0.15, 0.2) is 6.73 Å². The predicted molar refractivity (Wildman–Crippen MR) is 122 cm³/mol. The molecule has 0 heterocycles. The molecule has 1 saturated carbocycles. The van der Waals surface area contributed by atoms with Crippen molar-refractivity contribution in [1.82, 2.24) is 10.6 Å². The fourth-order valence-corrected chi connectivity index (χ4v) is 4.08. The fourth-order valence-electron chi connectivity index (χ4n) is 4.08. The Morgan fingerprint density at radius 3 is 2.07 bits per heavy atom. The standard InChI is InChI=1S/C25H42N2O2/c1-20-16-17-23(22(18-20)25(2,3)4)29-19-26-24(28)27-21-14-12-10-8-6-5-7-9-11-13-15-21/h16-18,21H,5-15,19H2,1-4H3,(H2,26,27,28). The van der Waals surface area contributed by atoms with Gasteiger partial charge in [0, 0.05) is 6.04 Å². The first-order valence-electron chi connectivity index (χ1n) is 11.6. The minimum atomic E-state index is -0.119. The number of aryl methyl sites for hydroxylation is 1. The van der Waals surface area contributed by atoms with Crippen molar-refractivity contribution >= 4 is 6.03 Å². The van der Waals surface area contributed by atoms with Crippen LogP contribution in [0.25, 0.3) is 0 Å². The zero-order chi connectivity index (χ0) is 21.1. The second-order valence-corrected chi connectivity index (χ2v) is 9.64. The lowest BCUT2D eigenvalue weighted by Crippen LogP contribution is -2.43. The SMILES string of the molecule is Cc1ccc(OCNC(=O)NC2CCCCCCCCCCC2)c(C(C)(C)C)c1. The summed E-state index contributed by atoms with van der Waals surface area (Å²) in [6, 6.07) is 6.38. The van der Waals surface area contributed by atoms with E-state index in [0.29, 0.717) is 0 Å². The molecule has 1 aliphatic carbocycles. The van der Waals surface area contributed by atoms with Crippen LogP contribution in [0.15, 0.2) is 18.2 Å². The average molecular weight is 403 g/mol. The predicted octanol–water partition coefficient (Wildman–Crippen LogP) is 6.60. The molecule has 0 radical (unpaired) electrons. The van der Waals surface area contributed by atoms with Crippen LogP contribution in [0.2, 0.25) is 0 Å². The van der Waals surface area contributed by atoms with Gasteiger partial charge in [-0.3, -0.25) is 0 Å². The first kappa shape index (κ1) is 23.6. The summed E-state index contributed by atoms with van der Waals surface area (Å²) in [6.45, 7) is 8.81. The van der Waals surface area contributed by atoms with Crippen LogP contribution in [0.1, 0.15) is 103 Å². The minimum absolute atomic E-state index is 0.00269. The highest BCUT2D eigenvalue weighted by Gasteiger charge is 2.19. The van der Waals surface area contributed by atoms with Crippen LogP contribution in [0, 0.1) is 6.92 Å². The highest BCUT2D eigenvalue weighted by molar-refractivity contribution is 5.74. The number of hydrogen-bond acceptors (Lipinski definition) is 2. The summed E-state index contributed by atoms with van der Waals surface area (Å²) in [5, 5.41) is 6.07. The maximum absolute atomic E-state index is 12.4. The van der Waals surface area contributed by atoms with Crippen molar-refractivity contribution in [1.29, 1.82) is 0 Å². The Bertz CT molecular complexity index is 610. The molecule has 29 heavy (non-hydrogen) atoms. The van der Waals surface area contributed by atoms with E-state index in [1.807, 2.05) is 6.07 Å². The quantitative estimate of drug-likeness (QED) is 0.557. The summed E-state index contributed by atoms with van der Waals surface area (Å²) in [7, 11) is 0. The third kappa shape index (κ3) is 9.10. The van der Waals surface area contributed by atoms with Gasteiger partial charge in [0.2, 0.25) is 0 Å². The average Bonchev–Trinajstić information content (AvgIpc) is 2.64. The lowest BCUT2D eigenvalue weighted by atomic mass is 9.85. The van der Waals surface area contributed by atoms with Crippen molar-refractivity contribution in [2.24, 2.45) is 0 Å². The molecule has 0 bridgehead atoms. The van der Waals surface area contributed by atoms with Crippen LogP contribution in [0.4, 0.5) is 4.79 Å².